The number of sulfonamides is 1. The van der Waals surface area contributed by atoms with Gasteiger partial charge in [0.05, 0.1) is 10.6 Å². The fourth-order valence-corrected chi connectivity index (χ4v) is 6.21. The molecule has 8 heteroatoms. The Morgan fingerprint density at radius 2 is 1.50 bits per heavy atom. The van der Waals surface area contributed by atoms with E-state index < -0.39 is 28.5 Å². The van der Waals surface area contributed by atoms with Crippen LogP contribution in [0.1, 0.15) is 54.5 Å². The molecule has 0 spiro atoms. The highest BCUT2D eigenvalue weighted by Gasteiger charge is 2.34. The molecule has 7 nitrogen and oxygen atoms in total. The van der Waals surface area contributed by atoms with Crippen LogP contribution < -0.4 is 9.62 Å². The smallest absolute Gasteiger partial charge is 0.264 e. The van der Waals surface area contributed by atoms with E-state index in [1.54, 1.807) is 30.3 Å². The van der Waals surface area contributed by atoms with Crippen molar-refractivity contribution in [3.63, 3.8) is 0 Å². The first-order chi connectivity index (χ1) is 19.0. The van der Waals surface area contributed by atoms with Crippen LogP contribution >= 0.6 is 0 Å². The minimum absolute atomic E-state index is 0.101. The van der Waals surface area contributed by atoms with Crippen LogP contribution in [0.2, 0.25) is 0 Å². The summed E-state index contributed by atoms with van der Waals surface area (Å²) in [7, 11) is -4.10. The lowest BCUT2D eigenvalue weighted by molar-refractivity contribution is -0.140. The van der Waals surface area contributed by atoms with E-state index in [1.807, 2.05) is 77.9 Å². The second kappa shape index (κ2) is 13.6. The van der Waals surface area contributed by atoms with Crippen LogP contribution in [0.15, 0.2) is 71.6 Å². The van der Waals surface area contributed by atoms with Crippen molar-refractivity contribution in [2.45, 2.75) is 71.9 Å². The van der Waals surface area contributed by atoms with Crippen LogP contribution in [0, 0.1) is 27.7 Å². The number of amides is 2. The van der Waals surface area contributed by atoms with E-state index in [-0.39, 0.29) is 17.3 Å². The number of hydrogen-bond acceptors (Lipinski definition) is 4. The molecule has 1 unspecified atom stereocenters. The van der Waals surface area contributed by atoms with E-state index in [2.05, 4.69) is 5.32 Å². The Kier molecular flexibility index (Phi) is 10.5. The molecule has 3 rings (SSSR count). The fraction of sp³-hybridized carbons (Fsp3) is 0.375. The molecular weight excluding hydrogens is 522 g/mol. The zero-order valence-electron chi connectivity index (χ0n) is 24.4. The second-order valence-electron chi connectivity index (χ2n) is 10.3. The molecule has 2 amide bonds. The largest absolute Gasteiger partial charge is 0.354 e. The van der Waals surface area contributed by atoms with Crippen molar-refractivity contribution in [2.75, 3.05) is 17.4 Å². The van der Waals surface area contributed by atoms with Gasteiger partial charge in [0.25, 0.3) is 10.0 Å². The molecule has 0 saturated carbocycles. The van der Waals surface area contributed by atoms with Crippen molar-refractivity contribution in [3.8, 4) is 0 Å². The van der Waals surface area contributed by atoms with Gasteiger partial charge in [-0.1, -0.05) is 79.1 Å². The molecular formula is C32H41N3O4S. The third-order valence-corrected chi connectivity index (χ3v) is 8.65. The Labute approximate surface area is 239 Å². The van der Waals surface area contributed by atoms with Gasteiger partial charge in [-0.25, -0.2) is 8.42 Å². The minimum atomic E-state index is -4.10. The molecule has 214 valence electrons. The van der Waals surface area contributed by atoms with Crippen molar-refractivity contribution < 1.29 is 18.0 Å². The summed E-state index contributed by atoms with van der Waals surface area (Å²) in [6.45, 7) is 11.7. The number of carbonyl (C=O) groups excluding carboxylic acids is 2. The first kappa shape index (κ1) is 30.9. The molecule has 3 aromatic rings. The minimum Gasteiger partial charge on any atom is -0.354 e. The molecule has 0 aromatic heterocycles. The number of rotatable bonds is 12. The molecule has 0 bridgehead atoms. The summed E-state index contributed by atoms with van der Waals surface area (Å²) in [4.78, 5) is 29.0. The number of aryl methyl sites for hydroxylation is 4. The topological polar surface area (TPSA) is 86.8 Å². The third kappa shape index (κ3) is 7.50. The van der Waals surface area contributed by atoms with Crippen molar-refractivity contribution in [2.24, 2.45) is 0 Å². The normalized spacial score (nSPS) is 12.1. The van der Waals surface area contributed by atoms with E-state index in [4.69, 9.17) is 0 Å². The first-order valence-corrected chi connectivity index (χ1v) is 15.2. The number of hydrogen-bond donors (Lipinski definition) is 1. The van der Waals surface area contributed by atoms with Gasteiger partial charge in [-0.05, 0) is 69.9 Å². The summed E-state index contributed by atoms with van der Waals surface area (Å²) in [6.07, 6.45) is 1.16. The molecule has 0 aliphatic carbocycles. The van der Waals surface area contributed by atoms with Crippen molar-refractivity contribution >= 4 is 27.5 Å². The number of benzene rings is 3. The number of nitrogens with one attached hydrogen (secondary N) is 1. The highest BCUT2D eigenvalue weighted by atomic mass is 32.2. The second-order valence-corrected chi connectivity index (χ2v) is 12.2. The lowest BCUT2D eigenvalue weighted by Gasteiger charge is -2.33. The summed E-state index contributed by atoms with van der Waals surface area (Å²) in [5.74, 6) is -0.694. The number of nitrogens with zero attached hydrogens (tertiary/aromatic N) is 2. The average Bonchev–Trinajstić information content (AvgIpc) is 2.91. The molecule has 0 fully saturated rings. The van der Waals surface area contributed by atoms with Gasteiger partial charge in [0.1, 0.15) is 12.6 Å². The lowest BCUT2D eigenvalue weighted by atomic mass is 10.1. The van der Waals surface area contributed by atoms with Gasteiger partial charge in [0.2, 0.25) is 11.8 Å². The molecule has 1 atom stereocenters. The predicted molar refractivity (Wildman–Crippen MR) is 161 cm³/mol. The summed E-state index contributed by atoms with van der Waals surface area (Å²) >= 11 is 0. The molecule has 3 aromatic carbocycles. The lowest BCUT2D eigenvalue weighted by Crippen LogP contribution is -2.52. The number of carbonyl (C=O) groups is 2. The monoisotopic (exact) mass is 563 g/mol. The van der Waals surface area contributed by atoms with Gasteiger partial charge < -0.3 is 10.2 Å². The van der Waals surface area contributed by atoms with Crippen molar-refractivity contribution in [1.29, 1.82) is 0 Å². The summed E-state index contributed by atoms with van der Waals surface area (Å²) in [5.41, 5.74) is 4.99. The Morgan fingerprint density at radius 3 is 2.10 bits per heavy atom. The molecule has 0 radical (unpaired) electrons. The Bertz CT molecular complexity index is 1430. The van der Waals surface area contributed by atoms with E-state index in [1.165, 1.54) is 9.21 Å². The van der Waals surface area contributed by atoms with Crippen molar-refractivity contribution in [3.05, 3.63) is 94.5 Å². The van der Waals surface area contributed by atoms with E-state index in [9.17, 15) is 18.0 Å². The Morgan fingerprint density at radius 1 is 0.850 bits per heavy atom. The maximum Gasteiger partial charge on any atom is 0.264 e. The van der Waals surface area contributed by atoms with Gasteiger partial charge in [-0.15, -0.1) is 0 Å². The molecule has 0 aliphatic rings. The zero-order valence-corrected chi connectivity index (χ0v) is 25.2. The maximum atomic E-state index is 14.1. The van der Waals surface area contributed by atoms with Crippen LogP contribution in [0.25, 0.3) is 0 Å². The van der Waals surface area contributed by atoms with Gasteiger partial charge in [-0.2, -0.15) is 0 Å². The van der Waals surface area contributed by atoms with Crippen molar-refractivity contribution in [1.82, 2.24) is 10.2 Å². The highest BCUT2D eigenvalue weighted by molar-refractivity contribution is 7.92. The van der Waals surface area contributed by atoms with Crippen LogP contribution in [-0.2, 0) is 26.2 Å². The van der Waals surface area contributed by atoms with Gasteiger partial charge in [0.15, 0.2) is 0 Å². The number of anilines is 1. The van der Waals surface area contributed by atoms with Gasteiger partial charge >= 0.3 is 0 Å². The maximum absolute atomic E-state index is 14.1. The first-order valence-electron chi connectivity index (χ1n) is 13.8. The third-order valence-electron chi connectivity index (χ3n) is 6.88. The fourth-order valence-electron chi connectivity index (χ4n) is 4.73. The zero-order chi connectivity index (χ0) is 29.4. The standard InChI is InChI=1S/C32H41N3O4S/c1-7-18-33-32(37)29(8-2)34(21-27-11-9-10-24(4)20-27)31(36)22-35(30-17-14-25(5)19-26(30)6)40(38,39)28-15-12-23(3)13-16-28/h9-17,19-20,29H,7-8,18,21-22H2,1-6H3,(H,33,37). The molecule has 0 aliphatic heterocycles. The van der Waals surface area contributed by atoms with E-state index in [0.29, 0.717) is 18.7 Å². The molecule has 0 heterocycles. The van der Waals surface area contributed by atoms with E-state index in [0.717, 1.165) is 34.2 Å². The Balaban J connectivity index is 2.09. The van der Waals surface area contributed by atoms with Gasteiger partial charge in [-0.3, -0.25) is 13.9 Å². The SMILES string of the molecule is CCCNC(=O)C(CC)N(Cc1cccc(C)c1)C(=O)CN(c1ccc(C)cc1C)S(=O)(=O)c1ccc(C)cc1. The molecule has 1 N–H and O–H groups in total. The van der Waals surface area contributed by atoms with Crippen LogP contribution in [0.4, 0.5) is 5.69 Å². The molecule has 40 heavy (non-hydrogen) atoms. The van der Waals surface area contributed by atoms with E-state index >= 15 is 0 Å². The quantitative estimate of drug-likeness (QED) is 0.318. The summed E-state index contributed by atoms with van der Waals surface area (Å²) < 4.78 is 29.2. The van der Waals surface area contributed by atoms with Crippen LogP contribution in [0.3, 0.4) is 0 Å². The Hall–Kier alpha value is -3.65. The van der Waals surface area contributed by atoms with Crippen LogP contribution in [0.5, 0.6) is 0 Å². The molecule has 0 saturated heterocycles. The summed E-state index contributed by atoms with van der Waals surface area (Å²) in [5, 5.41) is 2.91. The highest BCUT2D eigenvalue weighted by Crippen LogP contribution is 2.28. The average molecular weight is 564 g/mol. The summed E-state index contributed by atoms with van der Waals surface area (Å²) in [6, 6.07) is 19.1. The predicted octanol–water partition coefficient (Wildman–Crippen LogP) is 5.45. The van der Waals surface area contributed by atoms with Gasteiger partial charge in [0, 0.05) is 13.1 Å². The van der Waals surface area contributed by atoms with Crippen LogP contribution in [-0.4, -0.2) is 44.3 Å².